The van der Waals surface area contributed by atoms with E-state index in [1.165, 1.54) is 20.8 Å². The predicted molar refractivity (Wildman–Crippen MR) is 129 cm³/mol. The van der Waals surface area contributed by atoms with E-state index in [-0.39, 0.29) is 12.3 Å². The summed E-state index contributed by atoms with van der Waals surface area (Å²) in [4.78, 5) is 49.6. The molecule has 12 heteroatoms. The zero-order valence-electron chi connectivity index (χ0n) is 19.7. The van der Waals surface area contributed by atoms with E-state index >= 15 is 0 Å². The van der Waals surface area contributed by atoms with Gasteiger partial charge in [-0.2, -0.15) is 25.3 Å². The Morgan fingerprint density at radius 3 is 1.72 bits per heavy atom. The van der Waals surface area contributed by atoms with Crippen LogP contribution in [0, 0.1) is 5.92 Å². The molecule has 0 aromatic rings. The van der Waals surface area contributed by atoms with Crippen molar-refractivity contribution in [1.82, 2.24) is 16.0 Å². The first kappa shape index (κ1) is 30.5. The number of aliphatic carboxylic acids is 1. The van der Waals surface area contributed by atoms with Gasteiger partial charge in [-0.05, 0) is 47.0 Å². The van der Waals surface area contributed by atoms with Gasteiger partial charge in [-0.15, -0.1) is 0 Å². The highest BCUT2D eigenvalue weighted by atomic mass is 32.1. The molecular weight excluding hydrogens is 456 g/mol. The predicted octanol–water partition coefficient (Wildman–Crippen LogP) is -0.304. The van der Waals surface area contributed by atoms with Crippen LogP contribution in [0.15, 0.2) is 0 Å². The largest absolute Gasteiger partial charge is 0.480 e. The molecule has 3 amide bonds. The van der Waals surface area contributed by atoms with E-state index in [0.29, 0.717) is 0 Å². The third-order valence-corrected chi connectivity index (χ3v) is 5.22. The lowest BCUT2D eigenvalue weighted by molar-refractivity contribution is -0.143. The molecule has 0 aliphatic rings. The number of aliphatic hydroxyl groups is 1. The minimum absolute atomic E-state index is 0.00600. The number of carboxylic acids is 1. The second-order valence-corrected chi connectivity index (χ2v) is 11.8. The molecule has 0 aliphatic carbocycles. The number of amides is 3. The molecule has 0 spiro atoms. The molecule has 0 saturated carbocycles. The molecule has 0 unspecified atom stereocenters. The van der Waals surface area contributed by atoms with Gasteiger partial charge in [0, 0.05) is 9.49 Å². The van der Waals surface area contributed by atoms with Crippen LogP contribution in [-0.4, -0.2) is 73.7 Å². The number of carbonyl (C=O) groups is 4. The number of hydrogen-bond donors (Lipinski definition) is 8. The SMILES string of the molecule is CC(C)C[C@H](NC(=O)[C@@H](N)C(C)(C)S)C(=O)N[C@H](C(=O)N[C@H](C(=O)O)C(C)(C)S)[C@@H](C)O. The first-order valence-electron chi connectivity index (χ1n) is 10.3. The van der Waals surface area contributed by atoms with Crippen LogP contribution in [-0.2, 0) is 19.2 Å². The first-order chi connectivity index (χ1) is 14.3. The summed E-state index contributed by atoms with van der Waals surface area (Å²) >= 11 is 8.48. The molecule has 5 atom stereocenters. The quantitative estimate of drug-likeness (QED) is 0.172. The van der Waals surface area contributed by atoms with Gasteiger partial charge in [0.05, 0.1) is 12.1 Å². The molecule has 7 N–H and O–H groups in total. The van der Waals surface area contributed by atoms with E-state index in [9.17, 15) is 29.4 Å². The van der Waals surface area contributed by atoms with Gasteiger partial charge in [0.1, 0.15) is 18.1 Å². The lowest BCUT2D eigenvalue weighted by Gasteiger charge is -2.31. The molecule has 0 rings (SSSR count). The highest BCUT2D eigenvalue weighted by Crippen LogP contribution is 2.19. The van der Waals surface area contributed by atoms with Crippen molar-refractivity contribution in [3.63, 3.8) is 0 Å². The fraction of sp³-hybridized carbons (Fsp3) is 0.800. The summed E-state index contributed by atoms with van der Waals surface area (Å²) in [6.07, 6.45) is -1.10. The molecule has 0 aromatic carbocycles. The maximum absolute atomic E-state index is 12.9. The molecule has 10 nitrogen and oxygen atoms in total. The van der Waals surface area contributed by atoms with Gasteiger partial charge in [-0.1, -0.05) is 13.8 Å². The minimum Gasteiger partial charge on any atom is -0.480 e. The van der Waals surface area contributed by atoms with Crippen molar-refractivity contribution < 1.29 is 29.4 Å². The van der Waals surface area contributed by atoms with Crippen LogP contribution in [0.4, 0.5) is 0 Å². The van der Waals surface area contributed by atoms with Crippen molar-refractivity contribution in [2.75, 3.05) is 0 Å². The van der Waals surface area contributed by atoms with E-state index in [2.05, 4.69) is 41.2 Å². The summed E-state index contributed by atoms with van der Waals surface area (Å²) in [6, 6.07) is -4.87. The summed E-state index contributed by atoms with van der Waals surface area (Å²) in [7, 11) is 0. The highest BCUT2D eigenvalue weighted by molar-refractivity contribution is 7.82. The number of carbonyl (C=O) groups excluding carboxylic acids is 3. The fourth-order valence-corrected chi connectivity index (χ4v) is 3.01. The Hall–Kier alpha value is -1.50. The average molecular weight is 495 g/mol. The molecule has 0 bridgehead atoms. The highest BCUT2D eigenvalue weighted by Gasteiger charge is 2.38. The van der Waals surface area contributed by atoms with Crippen molar-refractivity contribution in [2.45, 2.75) is 94.7 Å². The Morgan fingerprint density at radius 1 is 0.875 bits per heavy atom. The van der Waals surface area contributed by atoms with Crippen molar-refractivity contribution >= 4 is 48.9 Å². The summed E-state index contributed by atoms with van der Waals surface area (Å²) in [5.74, 6) is -3.51. The number of nitrogens with two attached hydrogens (primary N) is 1. The lowest BCUT2D eigenvalue weighted by atomic mass is 9.99. The molecular formula is C20H38N4O6S2. The van der Waals surface area contributed by atoms with Crippen LogP contribution < -0.4 is 21.7 Å². The maximum atomic E-state index is 12.9. The summed E-state index contributed by atoms with van der Waals surface area (Å²) < 4.78 is -1.95. The summed E-state index contributed by atoms with van der Waals surface area (Å²) in [5.41, 5.74) is 5.91. The van der Waals surface area contributed by atoms with Crippen LogP contribution in [0.2, 0.25) is 0 Å². The van der Waals surface area contributed by atoms with Gasteiger partial charge < -0.3 is 31.9 Å². The lowest BCUT2D eigenvalue weighted by Crippen LogP contribution is -2.62. The van der Waals surface area contributed by atoms with Gasteiger partial charge >= 0.3 is 5.97 Å². The number of aliphatic hydroxyl groups excluding tert-OH is 1. The van der Waals surface area contributed by atoms with Crippen molar-refractivity contribution in [3.8, 4) is 0 Å². The zero-order valence-corrected chi connectivity index (χ0v) is 21.5. The normalized spacial score (nSPS) is 17.0. The Kier molecular flexibility index (Phi) is 11.5. The van der Waals surface area contributed by atoms with Crippen LogP contribution in [0.1, 0.15) is 54.9 Å². The smallest absolute Gasteiger partial charge is 0.327 e. The van der Waals surface area contributed by atoms with Crippen molar-refractivity contribution in [2.24, 2.45) is 11.7 Å². The van der Waals surface area contributed by atoms with E-state index in [1.807, 2.05) is 13.8 Å². The number of hydrogen-bond acceptors (Lipinski definition) is 8. The second kappa shape index (κ2) is 12.1. The van der Waals surface area contributed by atoms with Gasteiger partial charge in [0.15, 0.2) is 0 Å². The topological polar surface area (TPSA) is 171 Å². The number of nitrogens with one attached hydrogen (secondary N) is 3. The van der Waals surface area contributed by atoms with Gasteiger partial charge in [-0.3, -0.25) is 14.4 Å². The second-order valence-electron chi connectivity index (χ2n) is 9.48. The van der Waals surface area contributed by atoms with Gasteiger partial charge in [-0.25, -0.2) is 4.79 Å². The van der Waals surface area contributed by atoms with Gasteiger partial charge in [0.2, 0.25) is 17.7 Å². The van der Waals surface area contributed by atoms with E-state index in [0.717, 1.165) is 0 Å². The van der Waals surface area contributed by atoms with Crippen LogP contribution in [0.25, 0.3) is 0 Å². The molecule has 0 fully saturated rings. The monoisotopic (exact) mass is 494 g/mol. The van der Waals surface area contributed by atoms with Crippen LogP contribution >= 0.6 is 25.3 Å². The first-order valence-corrected chi connectivity index (χ1v) is 11.2. The zero-order chi connectivity index (χ0) is 25.6. The molecule has 186 valence electrons. The number of rotatable bonds is 12. The fourth-order valence-electron chi connectivity index (χ4n) is 2.72. The Morgan fingerprint density at radius 2 is 1.38 bits per heavy atom. The van der Waals surface area contributed by atoms with Crippen molar-refractivity contribution in [3.05, 3.63) is 0 Å². The minimum atomic E-state index is -1.46. The van der Waals surface area contributed by atoms with E-state index in [1.54, 1.807) is 13.8 Å². The number of thiol groups is 2. The Bertz CT molecular complexity index is 689. The average Bonchev–Trinajstić information content (AvgIpc) is 2.59. The molecule has 0 aromatic heterocycles. The Labute approximate surface area is 200 Å². The summed E-state index contributed by atoms with van der Waals surface area (Å²) in [6.45, 7) is 11.3. The van der Waals surface area contributed by atoms with Crippen molar-refractivity contribution in [1.29, 1.82) is 0 Å². The van der Waals surface area contributed by atoms with Gasteiger partial charge in [0.25, 0.3) is 0 Å². The standard InChI is InChI=1S/C20H38N4O6S2/c1-9(2)8-11(22-17(28)13(21)19(4,5)31)15(26)23-12(10(3)25)16(27)24-14(18(29)30)20(6,7)32/h9-14,25,31-32H,8,21H2,1-7H3,(H,22,28)(H,23,26)(H,24,27)(H,29,30)/t10-,11+,12+,13-,14-/m1/s1. The third kappa shape index (κ3) is 9.97. The van der Waals surface area contributed by atoms with E-state index in [4.69, 9.17) is 5.73 Å². The maximum Gasteiger partial charge on any atom is 0.327 e. The molecule has 0 radical (unpaired) electrons. The molecule has 0 saturated heterocycles. The van der Waals surface area contributed by atoms with Crippen LogP contribution in [0.5, 0.6) is 0 Å². The molecule has 0 heterocycles. The van der Waals surface area contributed by atoms with Crippen LogP contribution in [0.3, 0.4) is 0 Å². The molecule has 0 aliphatic heterocycles. The number of carboxylic acid groups (broad SMARTS) is 1. The molecule has 32 heavy (non-hydrogen) atoms. The summed E-state index contributed by atoms with van der Waals surface area (Å²) in [5, 5.41) is 26.7. The Balaban J connectivity index is 5.60. The van der Waals surface area contributed by atoms with E-state index < -0.39 is 63.5 Å². The third-order valence-electron chi connectivity index (χ3n) is 4.69.